The average Bonchev–Trinajstić information content (AvgIpc) is 3.04. The molecule has 9 nitrogen and oxygen atoms in total. The van der Waals surface area contributed by atoms with E-state index in [0.717, 1.165) is 12.8 Å². The van der Waals surface area contributed by atoms with Gasteiger partial charge < -0.3 is 10.2 Å². The van der Waals surface area contributed by atoms with Crippen LogP contribution < -0.4 is 15.5 Å². The van der Waals surface area contributed by atoms with Crippen molar-refractivity contribution in [3.63, 3.8) is 0 Å². The molecule has 2 aliphatic heterocycles. The number of rotatable bonds is 4. The molecular weight excluding hydrogens is 353 g/mol. The standard InChI is InChI=1S/C17H18FN7O2/c18-11-3-4-24(8-11)16-22-14-10(5-9-6-13(26)21-15(9)27)7-19-25(14)17(23-16)20-12-1-2-12/h5,7,11-12H,1-4,6,8H2,(H,20,22,23)(H,21,26,27)/b9-5+/t11-/m1/s1. The number of carbonyl (C=O) groups excluding carboxylic acids is 2. The van der Waals surface area contributed by atoms with Crippen LogP contribution in [0.25, 0.3) is 11.7 Å². The average molecular weight is 371 g/mol. The van der Waals surface area contributed by atoms with Crippen LogP contribution in [0.1, 0.15) is 31.2 Å². The largest absolute Gasteiger partial charge is 0.351 e. The Morgan fingerprint density at radius 1 is 1.26 bits per heavy atom. The van der Waals surface area contributed by atoms with E-state index >= 15 is 0 Å². The van der Waals surface area contributed by atoms with E-state index in [-0.39, 0.29) is 18.9 Å². The number of halogens is 1. The third-order valence-electron chi connectivity index (χ3n) is 4.93. The van der Waals surface area contributed by atoms with Crippen molar-refractivity contribution in [3.8, 4) is 0 Å². The highest BCUT2D eigenvalue weighted by Crippen LogP contribution is 2.28. The Morgan fingerprint density at radius 2 is 2.11 bits per heavy atom. The number of carbonyl (C=O) groups is 2. The van der Waals surface area contributed by atoms with E-state index < -0.39 is 12.1 Å². The summed E-state index contributed by atoms with van der Waals surface area (Å²) in [4.78, 5) is 34.2. The lowest BCUT2D eigenvalue weighted by molar-refractivity contribution is -0.124. The fraction of sp³-hybridized carbons (Fsp3) is 0.471. The van der Waals surface area contributed by atoms with Crippen molar-refractivity contribution < 1.29 is 14.0 Å². The van der Waals surface area contributed by atoms with E-state index in [2.05, 4.69) is 25.7 Å². The monoisotopic (exact) mass is 371 g/mol. The molecule has 4 heterocycles. The predicted molar refractivity (Wildman–Crippen MR) is 94.9 cm³/mol. The fourth-order valence-electron chi connectivity index (χ4n) is 3.34. The molecular formula is C17H18FN7O2. The van der Waals surface area contributed by atoms with Gasteiger partial charge in [0.2, 0.25) is 17.8 Å². The van der Waals surface area contributed by atoms with Crippen molar-refractivity contribution in [1.29, 1.82) is 0 Å². The Kier molecular flexibility index (Phi) is 3.59. The molecule has 3 fully saturated rings. The molecule has 0 radical (unpaired) electrons. The zero-order valence-corrected chi connectivity index (χ0v) is 14.5. The molecule has 0 bridgehead atoms. The van der Waals surface area contributed by atoms with Crippen LogP contribution in [0.15, 0.2) is 11.8 Å². The molecule has 5 rings (SSSR count). The van der Waals surface area contributed by atoms with Crippen molar-refractivity contribution in [2.75, 3.05) is 23.3 Å². The van der Waals surface area contributed by atoms with E-state index in [4.69, 9.17) is 0 Å². The van der Waals surface area contributed by atoms with Gasteiger partial charge in [0.15, 0.2) is 5.65 Å². The van der Waals surface area contributed by atoms with E-state index in [1.54, 1.807) is 16.8 Å². The minimum absolute atomic E-state index is 0.0386. The molecule has 3 aliphatic rings. The molecule has 2 aromatic rings. The van der Waals surface area contributed by atoms with Gasteiger partial charge in [-0.3, -0.25) is 14.9 Å². The van der Waals surface area contributed by atoms with Gasteiger partial charge in [-0.25, -0.2) is 4.39 Å². The first-order chi connectivity index (χ1) is 13.1. The van der Waals surface area contributed by atoms with E-state index in [9.17, 15) is 14.0 Å². The van der Waals surface area contributed by atoms with Crippen molar-refractivity contribution in [2.45, 2.75) is 37.9 Å². The second-order valence-electron chi connectivity index (χ2n) is 7.16. The van der Waals surface area contributed by atoms with Crippen LogP contribution in [0.2, 0.25) is 0 Å². The summed E-state index contributed by atoms with van der Waals surface area (Å²) in [6.45, 7) is 0.822. The number of aromatic nitrogens is 4. The molecule has 10 heteroatoms. The first kappa shape index (κ1) is 16.2. The second kappa shape index (κ2) is 6.00. The number of imide groups is 1. The minimum Gasteiger partial charge on any atom is -0.351 e. The van der Waals surface area contributed by atoms with Crippen LogP contribution in [0.3, 0.4) is 0 Å². The third kappa shape index (κ3) is 3.00. The maximum Gasteiger partial charge on any atom is 0.254 e. The molecule has 1 atom stereocenters. The minimum atomic E-state index is -0.885. The van der Waals surface area contributed by atoms with Gasteiger partial charge in [0.25, 0.3) is 5.91 Å². The lowest BCUT2D eigenvalue weighted by atomic mass is 10.1. The zero-order chi connectivity index (χ0) is 18.5. The Balaban J connectivity index is 1.59. The van der Waals surface area contributed by atoms with Gasteiger partial charge in [-0.05, 0) is 25.3 Å². The quantitative estimate of drug-likeness (QED) is 0.601. The Morgan fingerprint density at radius 3 is 2.78 bits per heavy atom. The molecule has 2 N–H and O–H groups in total. The lowest BCUT2D eigenvalue weighted by Gasteiger charge is -2.17. The number of fused-ring (bicyclic) bond motifs is 1. The molecule has 1 saturated carbocycles. The van der Waals surface area contributed by atoms with Gasteiger partial charge in [0, 0.05) is 23.7 Å². The molecule has 140 valence electrons. The molecule has 0 spiro atoms. The summed E-state index contributed by atoms with van der Waals surface area (Å²) in [7, 11) is 0. The van der Waals surface area contributed by atoms with E-state index in [0.29, 0.717) is 47.7 Å². The van der Waals surface area contributed by atoms with Crippen molar-refractivity contribution in [2.24, 2.45) is 0 Å². The van der Waals surface area contributed by atoms with Gasteiger partial charge in [0.05, 0.1) is 19.2 Å². The molecule has 0 unspecified atom stereocenters. The number of anilines is 2. The summed E-state index contributed by atoms with van der Waals surface area (Å²) in [5.74, 6) is 0.277. The van der Waals surface area contributed by atoms with Crippen LogP contribution in [0.4, 0.5) is 16.3 Å². The normalized spacial score (nSPS) is 24.3. The Bertz CT molecular complexity index is 981. The summed E-state index contributed by atoms with van der Waals surface area (Å²) in [5.41, 5.74) is 1.51. The van der Waals surface area contributed by atoms with Crippen LogP contribution in [0.5, 0.6) is 0 Å². The second-order valence-corrected chi connectivity index (χ2v) is 7.16. The van der Waals surface area contributed by atoms with Crippen molar-refractivity contribution in [1.82, 2.24) is 24.9 Å². The van der Waals surface area contributed by atoms with Gasteiger partial charge in [-0.2, -0.15) is 19.6 Å². The van der Waals surface area contributed by atoms with E-state index in [1.165, 1.54) is 0 Å². The van der Waals surface area contributed by atoms with Crippen LogP contribution in [0, 0.1) is 0 Å². The SMILES string of the molecule is O=C1C/C(=C\c2cnn3c(NC4CC4)nc(N4CC[C@@H](F)C4)nc23)C(=O)N1. The smallest absolute Gasteiger partial charge is 0.254 e. The number of amides is 2. The summed E-state index contributed by atoms with van der Waals surface area (Å²) in [6, 6.07) is 0.354. The van der Waals surface area contributed by atoms with E-state index in [1.807, 2.05) is 4.90 Å². The number of hydrogen-bond donors (Lipinski definition) is 2. The van der Waals surface area contributed by atoms with Crippen LogP contribution in [-0.2, 0) is 9.59 Å². The number of nitrogens with zero attached hydrogens (tertiary/aromatic N) is 5. The molecule has 2 amide bonds. The first-order valence-electron chi connectivity index (χ1n) is 9.03. The van der Waals surface area contributed by atoms with Gasteiger partial charge in [0.1, 0.15) is 6.17 Å². The third-order valence-corrected chi connectivity index (χ3v) is 4.93. The Labute approximate surface area is 153 Å². The fourth-order valence-corrected chi connectivity index (χ4v) is 3.34. The van der Waals surface area contributed by atoms with Crippen LogP contribution >= 0.6 is 0 Å². The number of nitrogens with one attached hydrogen (secondary N) is 2. The zero-order valence-electron chi connectivity index (χ0n) is 14.5. The lowest BCUT2D eigenvalue weighted by Crippen LogP contribution is -2.24. The summed E-state index contributed by atoms with van der Waals surface area (Å²) >= 11 is 0. The topological polar surface area (TPSA) is 105 Å². The Hall–Kier alpha value is -3.04. The first-order valence-corrected chi connectivity index (χ1v) is 9.03. The summed E-state index contributed by atoms with van der Waals surface area (Å²) < 4.78 is 15.2. The maximum atomic E-state index is 13.6. The van der Waals surface area contributed by atoms with Gasteiger partial charge in [-0.1, -0.05) is 0 Å². The van der Waals surface area contributed by atoms with Crippen molar-refractivity contribution >= 4 is 35.4 Å². The highest BCUT2D eigenvalue weighted by atomic mass is 19.1. The molecule has 1 aliphatic carbocycles. The maximum absolute atomic E-state index is 13.6. The molecule has 27 heavy (non-hydrogen) atoms. The highest BCUT2D eigenvalue weighted by molar-refractivity contribution is 6.15. The highest BCUT2D eigenvalue weighted by Gasteiger charge is 2.28. The summed E-state index contributed by atoms with van der Waals surface area (Å²) in [6.07, 6.45) is 4.97. The number of hydrogen-bond acceptors (Lipinski definition) is 7. The van der Waals surface area contributed by atoms with Gasteiger partial charge in [-0.15, -0.1) is 0 Å². The van der Waals surface area contributed by atoms with Crippen LogP contribution in [-0.4, -0.2) is 56.7 Å². The van der Waals surface area contributed by atoms with Crippen molar-refractivity contribution in [3.05, 3.63) is 17.3 Å². The summed E-state index contributed by atoms with van der Waals surface area (Å²) in [5, 5.41) is 9.94. The molecule has 0 aromatic carbocycles. The molecule has 2 saturated heterocycles. The predicted octanol–water partition coefficient (Wildman–Crippen LogP) is 0.677. The van der Waals surface area contributed by atoms with Gasteiger partial charge >= 0.3 is 0 Å². The molecule has 2 aromatic heterocycles. The number of alkyl halides is 1.